The first kappa shape index (κ1) is 15.5. The van der Waals surface area contributed by atoms with Gasteiger partial charge in [0, 0.05) is 31.9 Å². The molecule has 0 spiro atoms. The number of hydrogen-bond donors (Lipinski definition) is 2. The molecular formula is C13H24N4O2. The smallest absolute Gasteiger partial charge is 0.317 e. The van der Waals surface area contributed by atoms with E-state index < -0.39 is 0 Å². The van der Waals surface area contributed by atoms with E-state index in [1.807, 2.05) is 32.5 Å². The van der Waals surface area contributed by atoms with E-state index in [0.29, 0.717) is 6.54 Å². The van der Waals surface area contributed by atoms with E-state index in [4.69, 9.17) is 5.11 Å². The minimum absolute atomic E-state index is 0.0361. The Labute approximate surface area is 114 Å². The first-order valence-electron chi connectivity index (χ1n) is 6.54. The molecule has 0 aliphatic heterocycles. The van der Waals surface area contributed by atoms with Gasteiger partial charge >= 0.3 is 6.03 Å². The van der Waals surface area contributed by atoms with Crippen LogP contribution in [0.4, 0.5) is 4.79 Å². The predicted molar refractivity (Wildman–Crippen MR) is 74.0 cm³/mol. The average molecular weight is 268 g/mol. The van der Waals surface area contributed by atoms with E-state index in [2.05, 4.69) is 10.4 Å². The van der Waals surface area contributed by atoms with Gasteiger partial charge in [0.1, 0.15) is 0 Å². The monoisotopic (exact) mass is 268 g/mol. The van der Waals surface area contributed by atoms with Crippen molar-refractivity contribution >= 4 is 6.03 Å². The summed E-state index contributed by atoms with van der Waals surface area (Å²) in [6.45, 7) is 6.28. The molecule has 6 heteroatoms. The highest BCUT2D eigenvalue weighted by Gasteiger charge is 2.21. The van der Waals surface area contributed by atoms with Crippen LogP contribution < -0.4 is 5.32 Å². The van der Waals surface area contributed by atoms with Crippen LogP contribution in [-0.4, -0.2) is 46.0 Å². The number of nitrogens with zero attached hydrogens (tertiary/aromatic N) is 3. The van der Waals surface area contributed by atoms with Crippen molar-refractivity contribution < 1.29 is 9.90 Å². The van der Waals surface area contributed by atoms with Crippen LogP contribution in [0, 0.1) is 13.8 Å². The minimum Gasteiger partial charge on any atom is -0.395 e. The standard InChI is InChI=1S/C13H24N4O2/c1-6-11(14-13(19)16(4)7-8-18)12-9(2)15-17(5)10(12)3/h11,18H,6-8H2,1-5H3,(H,14,19). The lowest BCUT2D eigenvalue weighted by Gasteiger charge is -2.22. The van der Waals surface area contributed by atoms with Gasteiger partial charge in [0.15, 0.2) is 0 Å². The molecule has 1 aromatic heterocycles. The molecule has 0 radical (unpaired) electrons. The first-order valence-corrected chi connectivity index (χ1v) is 6.54. The molecule has 19 heavy (non-hydrogen) atoms. The van der Waals surface area contributed by atoms with Crippen molar-refractivity contribution in [1.29, 1.82) is 0 Å². The number of carbonyl (C=O) groups excluding carboxylic acids is 1. The topological polar surface area (TPSA) is 70.4 Å². The van der Waals surface area contributed by atoms with Crippen molar-refractivity contribution in [1.82, 2.24) is 20.0 Å². The zero-order valence-electron chi connectivity index (χ0n) is 12.4. The average Bonchev–Trinajstić information content (AvgIpc) is 2.61. The van der Waals surface area contributed by atoms with E-state index in [-0.39, 0.29) is 18.7 Å². The Bertz CT molecular complexity index is 442. The van der Waals surface area contributed by atoms with Crippen LogP contribution >= 0.6 is 0 Å². The van der Waals surface area contributed by atoms with Crippen LogP contribution in [0.5, 0.6) is 0 Å². The Hall–Kier alpha value is -1.56. The van der Waals surface area contributed by atoms with Crippen molar-refractivity contribution in [3.8, 4) is 0 Å². The molecule has 108 valence electrons. The van der Waals surface area contributed by atoms with E-state index in [1.165, 1.54) is 4.90 Å². The van der Waals surface area contributed by atoms with Crippen LogP contribution in [0.3, 0.4) is 0 Å². The first-order chi connectivity index (χ1) is 8.92. The number of rotatable bonds is 5. The summed E-state index contributed by atoms with van der Waals surface area (Å²) in [7, 11) is 3.57. The van der Waals surface area contributed by atoms with Gasteiger partial charge in [0.2, 0.25) is 0 Å². The molecule has 0 fully saturated rings. The number of likely N-dealkylation sites (N-methyl/N-ethyl adjacent to an activating group) is 1. The highest BCUT2D eigenvalue weighted by Crippen LogP contribution is 2.23. The summed E-state index contributed by atoms with van der Waals surface area (Å²) in [6.07, 6.45) is 0.798. The molecule has 1 unspecified atom stereocenters. The molecular weight excluding hydrogens is 244 g/mol. The molecule has 0 aliphatic rings. The van der Waals surface area contributed by atoms with Gasteiger partial charge in [0.25, 0.3) is 0 Å². The lowest BCUT2D eigenvalue weighted by atomic mass is 10.0. The third kappa shape index (κ3) is 3.47. The third-order valence-electron chi connectivity index (χ3n) is 3.40. The highest BCUT2D eigenvalue weighted by atomic mass is 16.3. The number of urea groups is 1. The quantitative estimate of drug-likeness (QED) is 0.840. The maximum Gasteiger partial charge on any atom is 0.317 e. The number of aliphatic hydroxyl groups excluding tert-OH is 1. The normalized spacial score (nSPS) is 12.3. The summed E-state index contributed by atoms with van der Waals surface area (Å²) in [5, 5.41) is 16.2. The zero-order valence-corrected chi connectivity index (χ0v) is 12.4. The van der Waals surface area contributed by atoms with E-state index >= 15 is 0 Å². The van der Waals surface area contributed by atoms with E-state index in [1.54, 1.807) is 7.05 Å². The third-order valence-corrected chi connectivity index (χ3v) is 3.40. The summed E-state index contributed by atoms with van der Waals surface area (Å²) >= 11 is 0. The molecule has 0 aliphatic carbocycles. The van der Waals surface area contributed by atoms with Gasteiger partial charge in [-0.2, -0.15) is 5.10 Å². The molecule has 1 aromatic rings. The largest absolute Gasteiger partial charge is 0.395 e. The summed E-state index contributed by atoms with van der Waals surface area (Å²) in [6, 6.07) is -0.231. The Balaban J connectivity index is 2.87. The van der Waals surface area contributed by atoms with Gasteiger partial charge in [-0.3, -0.25) is 4.68 Å². The molecule has 1 rings (SSSR count). The van der Waals surface area contributed by atoms with Crippen LogP contribution in [0.2, 0.25) is 0 Å². The summed E-state index contributed by atoms with van der Waals surface area (Å²) < 4.78 is 1.83. The van der Waals surface area contributed by atoms with E-state index in [9.17, 15) is 4.79 Å². The molecule has 0 saturated carbocycles. The fourth-order valence-electron chi connectivity index (χ4n) is 2.18. The van der Waals surface area contributed by atoms with Gasteiger partial charge in [-0.05, 0) is 20.3 Å². The van der Waals surface area contributed by atoms with E-state index in [0.717, 1.165) is 23.4 Å². The van der Waals surface area contributed by atoms with Crippen molar-refractivity contribution in [2.45, 2.75) is 33.2 Å². The van der Waals surface area contributed by atoms with Crippen LogP contribution in [0.1, 0.15) is 36.3 Å². The van der Waals surface area contributed by atoms with Gasteiger partial charge in [0.05, 0.1) is 18.3 Å². The summed E-state index contributed by atoms with van der Waals surface area (Å²) in [5.41, 5.74) is 3.09. The molecule has 2 amide bonds. The Morgan fingerprint density at radius 2 is 2.16 bits per heavy atom. The van der Waals surface area contributed by atoms with Crippen molar-refractivity contribution in [3.05, 3.63) is 17.0 Å². The SMILES string of the molecule is CCC(NC(=O)N(C)CCO)c1c(C)nn(C)c1C. The lowest BCUT2D eigenvalue weighted by molar-refractivity contribution is 0.186. The molecule has 0 aromatic carbocycles. The molecule has 1 atom stereocenters. The van der Waals surface area contributed by atoms with Crippen LogP contribution in [0.15, 0.2) is 0 Å². The molecule has 6 nitrogen and oxygen atoms in total. The highest BCUT2D eigenvalue weighted by molar-refractivity contribution is 5.74. The number of aryl methyl sites for hydroxylation is 2. The Morgan fingerprint density at radius 3 is 2.58 bits per heavy atom. The van der Waals surface area contributed by atoms with Crippen LogP contribution in [-0.2, 0) is 7.05 Å². The van der Waals surface area contributed by atoms with Gasteiger partial charge in [-0.15, -0.1) is 0 Å². The molecule has 0 saturated heterocycles. The number of hydrogen-bond acceptors (Lipinski definition) is 3. The number of aromatic nitrogens is 2. The van der Waals surface area contributed by atoms with Gasteiger partial charge in [-0.1, -0.05) is 6.92 Å². The van der Waals surface area contributed by atoms with Crippen molar-refractivity contribution in [2.75, 3.05) is 20.2 Å². The zero-order chi connectivity index (χ0) is 14.6. The Morgan fingerprint density at radius 1 is 1.53 bits per heavy atom. The van der Waals surface area contributed by atoms with Gasteiger partial charge < -0.3 is 15.3 Å². The Kier molecular flexibility index (Phi) is 5.35. The van der Waals surface area contributed by atoms with Crippen LogP contribution in [0.25, 0.3) is 0 Å². The molecule has 0 bridgehead atoms. The second kappa shape index (κ2) is 6.56. The van der Waals surface area contributed by atoms with Crippen molar-refractivity contribution in [3.63, 3.8) is 0 Å². The lowest BCUT2D eigenvalue weighted by Crippen LogP contribution is -2.40. The minimum atomic E-state index is -0.177. The predicted octanol–water partition coefficient (Wildman–Crippen LogP) is 1.12. The summed E-state index contributed by atoms with van der Waals surface area (Å²) in [5.74, 6) is 0. The second-order valence-corrected chi connectivity index (χ2v) is 4.76. The number of amides is 2. The maximum atomic E-state index is 12.0. The fraction of sp³-hybridized carbons (Fsp3) is 0.692. The number of nitrogens with one attached hydrogen (secondary N) is 1. The summed E-state index contributed by atoms with van der Waals surface area (Å²) in [4.78, 5) is 13.5. The number of aliphatic hydroxyl groups is 1. The van der Waals surface area contributed by atoms with Gasteiger partial charge in [-0.25, -0.2) is 4.79 Å². The molecule has 2 N–H and O–H groups in total. The maximum absolute atomic E-state index is 12.0. The molecule has 1 heterocycles. The fourth-order valence-corrected chi connectivity index (χ4v) is 2.18. The van der Waals surface area contributed by atoms with Crippen molar-refractivity contribution in [2.24, 2.45) is 7.05 Å². The number of carbonyl (C=O) groups is 1. The second-order valence-electron chi connectivity index (χ2n) is 4.76.